The number of nitrogens with one attached hydrogen (secondary N) is 1. The van der Waals surface area contributed by atoms with E-state index in [2.05, 4.69) is 12.2 Å². The van der Waals surface area contributed by atoms with Crippen LogP contribution in [0, 0.1) is 16.0 Å². The average Bonchev–Trinajstić information content (AvgIpc) is 2.41. The van der Waals surface area contributed by atoms with Crippen molar-refractivity contribution in [2.75, 3.05) is 0 Å². The highest BCUT2D eigenvalue weighted by atomic mass is 35.5. The van der Waals surface area contributed by atoms with Crippen molar-refractivity contribution < 1.29 is 9.72 Å². The molecule has 1 amide bonds. The maximum atomic E-state index is 12.2. The molecule has 1 aliphatic rings. The van der Waals surface area contributed by atoms with Crippen LogP contribution >= 0.6 is 11.6 Å². The fourth-order valence-electron chi connectivity index (χ4n) is 2.58. The largest absolute Gasteiger partial charge is 0.349 e. The summed E-state index contributed by atoms with van der Waals surface area (Å²) in [6, 6.07) is 4.03. The quantitative estimate of drug-likeness (QED) is 0.684. The molecule has 1 aliphatic carbocycles. The number of hydrogen-bond acceptors (Lipinski definition) is 3. The van der Waals surface area contributed by atoms with Crippen molar-refractivity contribution in [1.29, 1.82) is 0 Å². The van der Waals surface area contributed by atoms with Gasteiger partial charge in [0.05, 0.1) is 15.5 Å². The number of nitro groups is 1. The summed E-state index contributed by atoms with van der Waals surface area (Å²) in [5.74, 6) is 0.0858. The van der Waals surface area contributed by atoms with Gasteiger partial charge in [0.1, 0.15) is 0 Å². The lowest BCUT2D eigenvalue weighted by Crippen LogP contribution is -2.41. The van der Waals surface area contributed by atoms with E-state index in [0.717, 1.165) is 19.3 Å². The molecule has 1 N–H and O–H groups in total. The summed E-state index contributed by atoms with van der Waals surface area (Å²) < 4.78 is 0. The van der Waals surface area contributed by atoms with E-state index in [0.29, 0.717) is 5.92 Å². The van der Waals surface area contributed by atoms with Gasteiger partial charge in [-0.25, -0.2) is 0 Å². The normalized spacial score (nSPS) is 22.3. The van der Waals surface area contributed by atoms with Crippen molar-refractivity contribution in [2.45, 2.75) is 38.6 Å². The van der Waals surface area contributed by atoms with Gasteiger partial charge in [-0.05, 0) is 24.8 Å². The van der Waals surface area contributed by atoms with Crippen molar-refractivity contribution in [3.8, 4) is 0 Å². The number of nitro benzene ring substituents is 1. The average molecular weight is 297 g/mol. The van der Waals surface area contributed by atoms with E-state index >= 15 is 0 Å². The lowest BCUT2D eigenvalue weighted by molar-refractivity contribution is -0.384. The zero-order chi connectivity index (χ0) is 14.7. The second-order valence-electron chi connectivity index (χ2n) is 5.26. The fourth-order valence-corrected chi connectivity index (χ4v) is 2.78. The topological polar surface area (TPSA) is 72.2 Å². The summed E-state index contributed by atoms with van der Waals surface area (Å²) in [5, 5.41) is 13.9. The maximum Gasteiger partial charge on any atom is 0.270 e. The summed E-state index contributed by atoms with van der Waals surface area (Å²) in [5.41, 5.74) is 0.0369. The van der Waals surface area contributed by atoms with Crippen LogP contribution in [0.3, 0.4) is 0 Å². The Morgan fingerprint density at radius 1 is 1.40 bits per heavy atom. The Kier molecular flexibility index (Phi) is 4.60. The first kappa shape index (κ1) is 14.8. The summed E-state index contributed by atoms with van der Waals surface area (Å²) in [7, 11) is 0. The van der Waals surface area contributed by atoms with Gasteiger partial charge in [0.15, 0.2) is 0 Å². The third-order valence-corrected chi connectivity index (χ3v) is 4.16. The smallest absolute Gasteiger partial charge is 0.270 e. The SMILES string of the molecule is CC1CCCCC1NC(=O)c1cc([N+](=O)[O-])ccc1Cl. The van der Waals surface area contributed by atoms with E-state index in [1.807, 2.05) is 0 Å². The summed E-state index contributed by atoms with van der Waals surface area (Å²) >= 11 is 5.97. The van der Waals surface area contributed by atoms with E-state index in [-0.39, 0.29) is 28.2 Å². The number of amides is 1. The Bertz CT molecular complexity index is 533. The lowest BCUT2D eigenvalue weighted by Gasteiger charge is -2.29. The Hall–Kier alpha value is -1.62. The molecule has 0 radical (unpaired) electrons. The number of carbonyl (C=O) groups is 1. The molecule has 0 bridgehead atoms. The van der Waals surface area contributed by atoms with Crippen LogP contribution in [0.1, 0.15) is 43.0 Å². The van der Waals surface area contributed by atoms with Gasteiger partial charge in [-0.15, -0.1) is 0 Å². The van der Waals surface area contributed by atoms with Crippen LogP contribution in [0.4, 0.5) is 5.69 Å². The molecule has 0 spiro atoms. The number of non-ortho nitro benzene ring substituents is 1. The van der Waals surface area contributed by atoms with E-state index < -0.39 is 4.92 Å². The van der Waals surface area contributed by atoms with E-state index in [1.165, 1.54) is 24.6 Å². The molecule has 1 saturated carbocycles. The van der Waals surface area contributed by atoms with E-state index in [1.54, 1.807) is 0 Å². The van der Waals surface area contributed by atoms with Crippen LogP contribution < -0.4 is 5.32 Å². The highest BCUT2D eigenvalue weighted by molar-refractivity contribution is 6.33. The zero-order valence-electron chi connectivity index (χ0n) is 11.3. The molecule has 1 aromatic carbocycles. The molecule has 0 aromatic heterocycles. The first-order chi connectivity index (χ1) is 9.49. The van der Waals surface area contributed by atoms with Crippen molar-refractivity contribution in [3.63, 3.8) is 0 Å². The van der Waals surface area contributed by atoms with Gasteiger partial charge >= 0.3 is 0 Å². The van der Waals surface area contributed by atoms with Crippen LogP contribution in [0.25, 0.3) is 0 Å². The Morgan fingerprint density at radius 3 is 2.75 bits per heavy atom. The van der Waals surface area contributed by atoms with Crippen molar-refractivity contribution in [3.05, 3.63) is 38.9 Å². The molecule has 1 fully saturated rings. The van der Waals surface area contributed by atoms with E-state index in [4.69, 9.17) is 11.6 Å². The van der Waals surface area contributed by atoms with Gasteiger partial charge < -0.3 is 5.32 Å². The lowest BCUT2D eigenvalue weighted by atomic mass is 9.86. The highest BCUT2D eigenvalue weighted by Crippen LogP contribution is 2.26. The molecule has 0 heterocycles. The van der Waals surface area contributed by atoms with Gasteiger partial charge in [-0.1, -0.05) is 31.4 Å². The molecular formula is C14H17ClN2O3. The van der Waals surface area contributed by atoms with E-state index in [9.17, 15) is 14.9 Å². The van der Waals surface area contributed by atoms with Crippen molar-refractivity contribution in [1.82, 2.24) is 5.32 Å². The van der Waals surface area contributed by atoms with Crippen LogP contribution in [-0.2, 0) is 0 Å². The monoisotopic (exact) mass is 296 g/mol. The number of carbonyl (C=O) groups excluding carboxylic acids is 1. The van der Waals surface area contributed by atoms with Crippen LogP contribution in [0.2, 0.25) is 5.02 Å². The first-order valence-corrected chi connectivity index (χ1v) is 7.11. The third-order valence-electron chi connectivity index (χ3n) is 3.83. The number of hydrogen-bond donors (Lipinski definition) is 1. The fraction of sp³-hybridized carbons (Fsp3) is 0.500. The van der Waals surface area contributed by atoms with Crippen molar-refractivity contribution in [2.24, 2.45) is 5.92 Å². The molecule has 1 aromatic rings. The molecule has 20 heavy (non-hydrogen) atoms. The third kappa shape index (κ3) is 3.28. The minimum Gasteiger partial charge on any atom is -0.349 e. The zero-order valence-corrected chi connectivity index (χ0v) is 12.0. The predicted octanol–water partition coefficient (Wildman–Crippen LogP) is 3.56. The molecule has 2 atom stereocenters. The minimum atomic E-state index is -0.531. The second-order valence-corrected chi connectivity index (χ2v) is 5.67. The molecule has 2 unspecified atom stereocenters. The Balaban J connectivity index is 2.16. The van der Waals surface area contributed by atoms with Gasteiger partial charge in [0.2, 0.25) is 0 Å². The Labute approximate surface area is 122 Å². The summed E-state index contributed by atoms with van der Waals surface area (Å²) in [4.78, 5) is 22.5. The van der Waals surface area contributed by atoms with Gasteiger partial charge in [-0.2, -0.15) is 0 Å². The van der Waals surface area contributed by atoms with Crippen LogP contribution in [0.15, 0.2) is 18.2 Å². The predicted molar refractivity (Wildman–Crippen MR) is 77.0 cm³/mol. The van der Waals surface area contributed by atoms with Gasteiger partial charge in [-0.3, -0.25) is 14.9 Å². The number of halogens is 1. The maximum absolute atomic E-state index is 12.2. The molecule has 5 nitrogen and oxygen atoms in total. The molecule has 0 saturated heterocycles. The van der Waals surface area contributed by atoms with Gasteiger partial charge in [0, 0.05) is 18.2 Å². The molecule has 0 aliphatic heterocycles. The van der Waals surface area contributed by atoms with Gasteiger partial charge in [0.25, 0.3) is 11.6 Å². The second kappa shape index (κ2) is 6.22. The molecule has 2 rings (SSSR count). The van der Waals surface area contributed by atoms with Crippen LogP contribution in [-0.4, -0.2) is 16.9 Å². The standard InChI is InChI=1S/C14H17ClN2O3/c1-9-4-2-3-5-13(9)16-14(18)11-8-10(17(19)20)6-7-12(11)15/h6-9,13H,2-5H2,1H3,(H,16,18). The summed E-state index contributed by atoms with van der Waals surface area (Å²) in [6.45, 7) is 2.11. The minimum absolute atomic E-state index is 0.117. The number of nitrogens with zero attached hydrogens (tertiary/aromatic N) is 1. The summed E-state index contributed by atoms with van der Waals surface area (Å²) in [6.07, 6.45) is 4.32. The number of rotatable bonds is 3. The van der Waals surface area contributed by atoms with Crippen LogP contribution in [0.5, 0.6) is 0 Å². The number of benzene rings is 1. The molecule has 108 valence electrons. The first-order valence-electron chi connectivity index (χ1n) is 6.74. The highest BCUT2D eigenvalue weighted by Gasteiger charge is 2.24. The van der Waals surface area contributed by atoms with Crippen molar-refractivity contribution >= 4 is 23.2 Å². The Morgan fingerprint density at radius 2 is 2.10 bits per heavy atom. The molecule has 6 heteroatoms. The molecular weight excluding hydrogens is 280 g/mol.